The highest BCUT2D eigenvalue weighted by Gasteiger charge is 2.08. The third kappa shape index (κ3) is 4.67. The molecule has 0 aliphatic carbocycles. The number of nitrogen functional groups attached to an aromatic ring is 1. The van der Waals surface area contributed by atoms with Crippen molar-refractivity contribution in [2.75, 3.05) is 11.5 Å². The first-order chi connectivity index (χ1) is 12.1. The lowest BCUT2D eigenvalue weighted by Crippen LogP contribution is -2.09. The van der Waals surface area contributed by atoms with Crippen molar-refractivity contribution < 1.29 is 13.9 Å². The molecule has 0 saturated heterocycles. The van der Waals surface area contributed by atoms with Crippen LogP contribution in [0.25, 0.3) is 10.9 Å². The molecule has 2 aromatic carbocycles. The number of aromatic nitrogens is 2. The average molecular weight is 357 g/mol. The van der Waals surface area contributed by atoms with Crippen LogP contribution in [0.5, 0.6) is 0 Å². The summed E-state index contributed by atoms with van der Waals surface area (Å²) in [5, 5.41) is 0.772. The number of fused-ring (bicyclic) bond motifs is 1. The minimum absolute atomic E-state index is 0.0188. The van der Waals surface area contributed by atoms with Crippen molar-refractivity contribution in [3.63, 3.8) is 0 Å². The molecule has 0 radical (unpaired) electrons. The monoisotopic (exact) mass is 357 g/mol. The zero-order valence-corrected chi connectivity index (χ0v) is 14.1. The number of nitrogens with zero attached hydrogens (tertiary/aromatic N) is 2. The Labute approximate surface area is 148 Å². The summed E-state index contributed by atoms with van der Waals surface area (Å²) in [6.07, 6.45) is 0.241. The Bertz CT molecular complexity index is 887. The minimum Gasteiger partial charge on any atom is -0.457 e. The fourth-order valence-electron chi connectivity index (χ4n) is 2.22. The van der Waals surface area contributed by atoms with Crippen LogP contribution in [0.1, 0.15) is 12.2 Å². The summed E-state index contributed by atoms with van der Waals surface area (Å²) in [7, 11) is 0. The molecule has 5 nitrogen and oxygen atoms in total. The number of nitrogens with two attached hydrogens (primary N) is 1. The second-order valence-corrected chi connectivity index (χ2v) is 6.42. The van der Waals surface area contributed by atoms with Crippen LogP contribution in [0.4, 0.5) is 10.2 Å². The Morgan fingerprint density at radius 2 is 1.88 bits per heavy atom. The highest BCUT2D eigenvalue weighted by Crippen LogP contribution is 2.20. The zero-order chi connectivity index (χ0) is 17.6. The first kappa shape index (κ1) is 17.2. The van der Waals surface area contributed by atoms with Gasteiger partial charge in [0.05, 0.1) is 11.9 Å². The van der Waals surface area contributed by atoms with Crippen molar-refractivity contribution in [3.8, 4) is 0 Å². The predicted octanol–water partition coefficient (Wildman–Crippen LogP) is 3.58. The molecule has 0 fully saturated rings. The number of anilines is 1. The van der Waals surface area contributed by atoms with Gasteiger partial charge in [0, 0.05) is 16.0 Å². The smallest absolute Gasteiger partial charge is 0.307 e. The van der Waals surface area contributed by atoms with Gasteiger partial charge in [-0.05, 0) is 36.4 Å². The molecule has 128 valence electrons. The van der Waals surface area contributed by atoms with Crippen LogP contribution >= 0.6 is 11.8 Å². The number of para-hydroxylation sites is 1. The van der Waals surface area contributed by atoms with Gasteiger partial charge in [0.1, 0.15) is 11.6 Å². The van der Waals surface area contributed by atoms with E-state index in [1.165, 1.54) is 23.9 Å². The van der Waals surface area contributed by atoms with E-state index >= 15 is 0 Å². The molecule has 7 heteroatoms. The van der Waals surface area contributed by atoms with Crippen LogP contribution in [-0.4, -0.2) is 21.7 Å². The summed E-state index contributed by atoms with van der Waals surface area (Å²) >= 11 is 1.46. The van der Waals surface area contributed by atoms with E-state index in [1.807, 2.05) is 24.3 Å². The number of halogens is 1. The normalized spacial score (nSPS) is 10.8. The molecule has 1 heterocycles. The summed E-state index contributed by atoms with van der Waals surface area (Å²) in [5.74, 6) is 0.660. The maximum Gasteiger partial charge on any atom is 0.307 e. The zero-order valence-electron chi connectivity index (χ0n) is 13.3. The summed E-state index contributed by atoms with van der Waals surface area (Å²) in [6.45, 7) is -0.0188. The topological polar surface area (TPSA) is 78.1 Å². The van der Waals surface area contributed by atoms with E-state index in [0.29, 0.717) is 22.9 Å². The molecule has 0 amide bonds. The number of carbonyl (C=O) groups excluding carboxylic acids is 1. The number of thioether (sulfide) groups is 1. The van der Waals surface area contributed by atoms with Gasteiger partial charge < -0.3 is 10.5 Å². The van der Waals surface area contributed by atoms with E-state index in [4.69, 9.17) is 10.5 Å². The molecule has 3 rings (SSSR count). The van der Waals surface area contributed by atoms with Gasteiger partial charge in [-0.15, -0.1) is 11.8 Å². The SMILES string of the molecule is Nc1nc(COC(=O)CCSc2ccc(F)cc2)nc2ccccc12. The van der Waals surface area contributed by atoms with Crippen LogP contribution in [0.2, 0.25) is 0 Å². The van der Waals surface area contributed by atoms with Crippen LogP contribution < -0.4 is 5.73 Å². The standard InChI is InChI=1S/C18H16FN3O2S/c19-12-5-7-13(8-6-12)25-10-9-17(23)24-11-16-21-15-4-2-1-3-14(15)18(20)22-16/h1-8H,9-11H2,(H2,20,21,22). The molecule has 0 saturated carbocycles. The van der Waals surface area contributed by atoms with E-state index < -0.39 is 0 Å². The Kier molecular flexibility index (Phi) is 5.45. The number of benzene rings is 2. The van der Waals surface area contributed by atoms with Gasteiger partial charge in [0.15, 0.2) is 12.4 Å². The van der Waals surface area contributed by atoms with E-state index in [0.717, 1.165) is 10.3 Å². The highest BCUT2D eigenvalue weighted by atomic mass is 32.2. The molecule has 0 bridgehead atoms. The van der Waals surface area contributed by atoms with Crippen molar-refractivity contribution in [1.82, 2.24) is 9.97 Å². The number of esters is 1. The largest absolute Gasteiger partial charge is 0.457 e. The molecule has 25 heavy (non-hydrogen) atoms. The van der Waals surface area contributed by atoms with Crippen LogP contribution in [0.3, 0.4) is 0 Å². The molecule has 0 unspecified atom stereocenters. The number of ether oxygens (including phenoxy) is 1. The first-order valence-corrected chi connectivity index (χ1v) is 8.65. The predicted molar refractivity (Wildman–Crippen MR) is 95.5 cm³/mol. The van der Waals surface area contributed by atoms with E-state index in [2.05, 4.69) is 9.97 Å². The van der Waals surface area contributed by atoms with Crippen molar-refractivity contribution in [2.45, 2.75) is 17.9 Å². The Balaban J connectivity index is 1.49. The molecule has 2 N–H and O–H groups in total. The molecule has 0 atom stereocenters. The molecule has 1 aromatic heterocycles. The van der Waals surface area contributed by atoms with Crippen LogP contribution in [0, 0.1) is 5.82 Å². The number of rotatable bonds is 6. The highest BCUT2D eigenvalue weighted by molar-refractivity contribution is 7.99. The van der Waals surface area contributed by atoms with E-state index in [9.17, 15) is 9.18 Å². The summed E-state index contributed by atoms with van der Waals surface area (Å²) < 4.78 is 18.0. The fourth-order valence-corrected chi connectivity index (χ4v) is 3.05. The summed E-state index contributed by atoms with van der Waals surface area (Å²) in [5.41, 5.74) is 6.61. The number of carbonyl (C=O) groups is 1. The summed E-state index contributed by atoms with van der Waals surface area (Å²) in [6, 6.07) is 13.5. The lowest BCUT2D eigenvalue weighted by Gasteiger charge is -2.07. The molecular weight excluding hydrogens is 341 g/mol. The van der Waals surface area contributed by atoms with E-state index in [-0.39, 0.29) is 24.8 Å². The third-order valence-electron chi connectivity index (χ3n) is 3.43. The van der Waals surface area contributed by atoms with Gasteiger partial charge in [0.2, 0.25) is 0 Å². The first-order valence-electron chi connectivity index (χ1n) is 7.67. The van der Waals surface area contributed by atoms with Crippen molar-refractivity contribution in [3.05, 3.63) is 60.2 Å². The van der Waals surface area contributed by atoms with Crippen LogP contribution in [0.15, 0.2) is 53.4 Å². The molecule has 0 spiro atoms. The van der Waals surface area contributed by atoms with Gasteiger partial charge in [-0.3, -0.25) is 4.79 Å². The fraction of sp³-hybridized carbons (Fsp3) is 0.167. The molecule has 0 aliphatic rings. The lowest BCUT2D eigenvalue weighted by molar-refractivity contribution is -0.144. The number of hydrogen-bond acceptors (Lipinski definition) is 6. The third-order valence-corrected chi connectivity index (χ3v) is 4.44. The van der Waals surface area contributed by atoms with Crippen LogP contribution in [-0.2, 0) is 16.1 Å². The Morgan fingerprint density at radius 1 is 1.12 bits per heavy atom. The second kappa shape index (κ2) is 7.94. The minimum atomic E-state index is -0.343. The lowest BCUT2D eigenvalue weighted by atomic mass is 10.2. The maximum atomic E-state index is 12.8. The maximum absolute atomic E-state index is 12.8. The molecular formula is C18H16FN3O2S. The quantitative estimate of drug-likeness (QED) is 0.537. The van der Waals surface area contributed by atoms with Gasteiger partial charge >= 0.3 is 5.97 Å². The van der Waals surface area contributed by atoms with Crippen molar-refractivity contribution >= 4 is 34.5 Å². The molecule has 3 aromatic rings. The van der Waals surface area contributed by atoms with Gasteiger partial charge in [-0.25, -0.2) is 14.4 Å². The van der Waals surface area contributed by atoms with Gasteiger partial charge in [-0.2, -0.15) is 0 Å². The van der Waals surface area contributed by atoms with Gasteiger partial charge in [-0.1, -0.05) is 12.1 Å². The molecule has 0 aliphatic heterocycles. The second-order valence-electron chi connectivity index (χ2n) is 5.26. The van der Waals surface area contributed by atoms with E-state index in [1.54, 1.807) is 12.1 Å². The Hall–Kier alpha value is -2.67. The summed E-state index contributed by atoms with van der Waals surface area (Å²) in [4.78, 5) is 21.2. The average Bonchev–Trinajstić information content (AvgIpc) is 2.62. The number of hydrogen-bond donors (Lipinski definition) is 1. The van der Waals surface area contributed by atoms with Crippen molar-refractivity contribution in [1.29, 1.82) is 0 Å². The van der Waals surface area contributed by atoms with Gasteiger partial charge in [0.25, 0.3) is 0 Å². The Morgan fingerprint density at radius 3 is 2.68 bits per heavy atom. The van der Waals surface area contributed by atoms with Crippen molar-refractivity contribution in [2.24, 2.45) is 0 Å².